The molecule has 4 nitrogen and oxygen atoms in total. The lowest BCUT2D eigenvalue weighted by Crippen LogP contribution is -2.25. The van der Waals surface area contributed by atoms with E-state index in [9.17, 15) is 4.79 Å². The van der Waals surface area contributed by atoms with E-state index in [1.807, 2.05) is 0 Å². The minimum absolute atomic E-state index is 0.117. The largest absolute Gasteiger partial charge is 0.384 e. The Labute approximate surface area is 120 Å². The number of nitrogens with one attached hydrogen (secondary N) is 1. The van der Waals surface area contributed by atoms with Gasteiger partial charge >= 0.3 is 0 Å². The van der Waals surface area contributed by atoms with Gasteiger partial charge < -0.3 is 15.2 Å². The first-order chi connectivity index (χ1) is 9.77. The number of benzene rings is 1. The standard InChI is InChI=1S/C16H21NO3/c1-2-11-20-12-5-9-17-16(19)15-8-3-6-14(13-15)7-4-10-18/h3,6,8,13,18H,2,5,9-12H2,1H3,(H,17,19). The van der Waals surface area contributed by atoms with Crippen molar-refractivity contribution in [1.82, 2.24) is 5.32 Å². The van der Waals surface area contributed by atoms with Gasteiger partial charge in [0.15, 0.2) is 0 Å². The van der Waals surface area contributed by atoms with Gasteiger partial charge in [0.25, 0.3) is 5.91 Å². The van der Waals surface area contributed by atoms with Gasteiger partial charge in [-0.15, -0.1) is 0 Å². The quantitative estimate of drug-likeness (QED) is 0.587. The normalized spacial score (nSPS) is 9.70. The molecule has 0 fully saturated rings. The first-order valence-corrected chi connectivity index (χ1v) is 6.83. The molecule has 0 atom stereocenters. The van der Waals surface area contributed by atoms with Gasteiger partial charge in [0.05, 0.1) is 0 Å². The van der Waals surface area contributed by atoms with Crippen molar-refractivity contribution in [1.29, 1.82) is 0 Å². The van der Waals surface area contributed by atoms with Crippen LogP contribution in [-0.2, 0) is 4.74 Å². The molecule has 1 aromatic carbocycles. The Morgan fingerprint density at radius 2 is 2.25 bits per heavy atom. The number of carbonyl (C=O) groups is 1. The predicted molar refractivity (Wildman–Crippen MR) is 78.5 cm³/mol. The summed E-state index contributed by atoms with van der Waals surface area (Å²) in [5.74, 6) is 5.22. The van der Waals surface area contributed by atoms with Gasteiger partial charge in [-0.3, -0.25) is 4.79 Å². The van der Waals surface area contributed by atoms with E-state index in [1.54, 1.807) is 24.3 Å². The SMILES string of the molecule is CCCOCCCNC(=O)c1cccc(C#CCO)c1. The van der Waals surface area contributed by atoms with Crippen molar-refractivity contribution in [3.63, 3.8) is 0 Å². The number of carbonyl (C=O) groups excluding carboxylic acids is 1. The summed E-state index contributed by atoms with van der Waals surface area (Å²) in [4.78, 5) is 11.9. The molecule has 0 saturated heterocycles. The highest BCUT2D eigenvalue weighted by atomic mass is 16.5. The molecule has 0 aliphatic heterocycles. The number of aliphatic hydroxyl groups is 1. The molecule has 20 heavy (non-hydrogen) atoms. The first-order valence-electron chi connectivity index (χ1n) is 6.83. The van der Waals surface area contributed by atoms with E-state index < -0.39 is 0 Å². The van der Waals surface area contributed by atoms with Crippen LogP contribution >= 0.6 is 0 Å². The molecule has 0 aromatic heterocycles. The first kappa shape index (κ1) is 16.2. The number of hydrogen-bond donors (Lipinski definition) is 2. The molecule has 0 spiro atoms. The maximum Gasteiger partial charge on any atom is 0.251 e. The smallest absolute Gasteiger partial charge is 0.251 e. The molecule has 1 aromatic rings. The fourth-order valence-corrected chi connectivity index (χ4v) is 1.60. The summed E-state index contributed by atoms with van der Waals surface area (Å²) in [7, 11) is 0. The van der Waals surface area contributed by atoms with Crippen LogP contribution < -0.4 is 5.32 Å². The molecule has 2 N–H and O–H groups in total. The van der Waals surface area contributed by atoms with E-state index in [2.05, 4.69) is 24.1 Å². The van der Waals surface area contributed by atoms with Crippen LogP contribution in [0.4, 0.5) is 0 Å². The summed E-state index contributed by atoms with van der Waals surface area (Å²) in [6.45, 7) is 3.90. The summed E-state index contributed by atoms with van der Waals surface area (Å²) in [5, 5.41) is 11.5. The van der Waals surface area contributed by atoms with Crippen molar-refractivity contribution in [2.45, 2.75) is 19.8 Å². The van der Waals surface area contributed by atoms with E-state index in [1.165, 1.54) is 0 Å². The van der Waals surface area contributed by atoms with Crippen LogP contribution in [0.1, 0.15) is 35.7 Å². The zero-order valence-electron chi connectivity index (χ0n) is 11.8. The average Bonchev–Trinajstić information content (AvgIpc) is 2.48. The van der Waals surface area contributed by atoms with Crippen molar-refractivity contribution in [2.75, 3.05) is 26.4 Å². The maximum atomic E-state index is 11.9. The van der Waals surface area contributed by atoms with Crippen molar-refractivity contribution >= 4 is 5.91 Å². The summed E-state index contributed by atoms with van der Waals surface area (Å²) in [5.41, 5.74) is 1.29. The predicted octanol–water partition coefficient (Wildman–Crippen LogP) is 1.58. The van der Waals surface area contributed by atoms with Crippen LogP contribution in [0.3, 0.4) is 0 Å². The van der Waals surface area contributed by atoms with Crippen LogP contribution in [0.15, 0.2) is 24.3 Å². The monoisotopic (exact) mass is 275 g/mol. The third kappa shape index (κ3) is 6.37. The fraction of sp³-hybridized carbons (Fsp3) is 0.438. The molecule has 0 aliphatic carbocycles. The summed E-state index contributed by atoms with van der Waals surface area (Å²) >= 11 is 0. The summed E-state index contributed by atoms with van der Waals surface area (Å²) in [6.07, 6.45) is 1.81. The third-order valence-corrected chi connectivity index (χ3v) is 2.54. The van der Waals surface area contributed by atoms with Gasteiger partial charge in [-0.25, -0.2) is 0 Å². The molecule has 1 amide bonds. The van der Waals surface area contributed by atoms with E-state index in [0.717, 1.165) is 25.0 Å². The zero-order valence-corrected chi connectivity index (χ0v) is 11.8. The van der Waals surface area contributed by atoms with E-state index >= 15 is 0 Å². The fourth-order valence-electron chi connectivity index (χ4n) is 1.60. The molecule has 4 heteroatoms. The zero-order chi connectivity index (χ0) is 14.6. The number of ether oxygens (including phenoxy) is 1. The van der Waals surface area contributed by atoms with Gasteiger partial charge in [0.2, 0.25) is 0 Å². The molecule has 0 heterocycles. The highest BCUT2D eigenvalue weighted by Gasteiger charge is 2.04. The maximum absolute atomic E-state index is 11.9. The van der Waals surface area contributed by atoms with E-state index in [4.69, 9.17) is 9.84 Å². The Morgan fingerprint density at radius 1 is 1.40 bits per heavy atom. The molecular formula is C16H21NO3. The highest BCUT2D eigenvalue weighted by molar-refractivity contribution is 5.94. The van der Waals surface area contributed by atoms with Crippen molar-refractivity contribution in [3.05, 3.63) is 35.4 Å². The van der Waals surface area contributed by atoms with Crippen LogP contribution in [0.5, 0.6) is 0 Å². The molecule has 108 valence electrons. The van der Waals surface area contributed by atoms with E-state index in [-0.39, 0.29) is 12.5 Å². The number of amides is 1. The van der Waals surface area contributed by atoms with Crippen molar-refractivity contribution in [3.8, 4) is 11.8 Å². The Kier molecular flexibility index (Phi) is 8.13. The number of aliphatic hydroxyl groups excluding tert-OH is 1. The Balaban J connectivity index is 2.39. The van der Waals surface area contributed by atoms with Crippen LogP contribution in [0, 0.1) is 11.8 Å². The number of hydrogen-bond acceptors (Lipinski definition) is 3. The molecule has 0 aliphatic rings. The lowest BCUT2D eigenvalue weighted by atomic mass is 10.1. The Bertz CT molecular complexity index is 474. The molecular weight excluding hydrogens is 254 g/mol. The van der Waals surface area contributed by atoms with E-state index in [0.29, 0.717) is 18.7 Å². The second kappa shape index (κ2) is 10.0. The summed E-state index contributed by atoms with van der Waals surface area (Å²) < 4.78 is 5.34. The van der Waals surface area contributed by atoms with Gasteiger partial charge in [-0.1, -0.05) is 24.8 Å². The highest BCUT2D eigenvalue weighted by Crippen LogP contribution is 2.04. The molecule has 1 rings (SSSR count). The average molecular weight is 275 g/mol. The van der Waals surface area contributed by atoms with Gasteiger partial charge in [0, 0.05) is 30.9 Å². The third-order valence-electron chi connectivity index (χ3n) is 2.54. The molecule has 0 unspecified atom stereocenters. The van der Waals surface area contributed by atoms with Crippen molar-refractivity contribution < 1.29 is 14.6 Å². The topological polar surface area (TPSA) is 58.6 Å². The molecule has 0 radical (unpaired) electrons. The van der Waals surface area contributed by atoms with Crippen LogP contribution in [0.2, 0.25) is 0 Å². The lowest BCUT2D eigenvalue weighted by molar-refractivity contribution is 0.0941. The van der Waals surface area contributed by atoms with Crippen LogP contribution in [-0.4, -0.2) is 37.4 Å². The Morgan fingerprint density at radius 3 is 3.00 bits per heavy atom. The van der Waals surface area contributed by atoms with Gasteiger partial charge in [-0.2, -0.15) is 0 Å². The van der Waals surface area contributed by atoms with Crippen molar-refractivity contribution in [2.24, 2.45) is 0 Å². The summed E-state index contributed by atoms with van der Waals surface area (Å²) in [6, 6.07) is 7.04. The molecule has 0 bridgehead atoms. The molecule has 0 saturated carbocycles. The second-order valence-electron chi connectivity index (χ2n) is 4.26. The lowest BCUT2D eigenvalue weighted by Gasteiger charge is -2.06. The van der Waals surface area contributed by atoms with Gasteiger partial charge in [-0.05, 0) is 31.0 Å². The van der Waals surface area contributed by atoms with Gasteiger partial charge in [0.1, 0.15) is 6.61 Å². The second-order valence-corrected chi connectivity index (χ2v) is 4.26. The Hall–Kier alpha value is -1.83. The van der Waals surface area contributed by atoms with Crippen LogP contribution in [0.25, 0.3) is 0 Å². The minimum Gasteiger partial charge on any atom is -0.384 e. The minimum atomic E-state index is -0.186. The number of rotatable bonds is 7.